The largest absolute Gasteiger partial charge is 0.397 e. The Morgan fingerprint density at radius 2 is 1.83 bits per heavy atom. The lowest BCUT2D eigenvalue weighted by atomic mass is 10.2. The average Bonchev–Trinajstić information content (AvgIpc) is 1.82. The second kappa shape index (κ2) is 5.06. The quantitative estimate of drug-likeness (QED) is 0.681. The van der Waals surface area contributed by atoms with Gasteiger partial charge in [-0.3, -0.25) is 4.79 Å². The van der Waals surface area contributed by atoms with Crippen molar-refractivity contribution >= 4 is 30.5 Å². The van der Waals surface area contributed by atoms with Crippen LogP contribution in [0.15, 0.2) is 10.9 Å². The molecule has 0 saturated heterocycles. The lowest BCUT2D eigenvalue weighted by Crippen LogP contribution is -2.09. The summed E-state index contributed by atoms with van der Waals surface area (Å²) in [6.45, 7) is 3.60. The van der Waals surface area contributed by atoms with Crippen LogP contribution in [0.25, 0.3) is 0 Å². The first-order chi connectivity index (χ1) is 4.61. The van der Waals surface area contributed by atoms with E-state index < -0.39 is 0 Å². The summed E-state index contributed by atoms with van der Waals surface area (Å²) in [7, 11) is 0. The van der Waals surface area contributed by atoms with Gasteiger partial charge in [0.05, 0.1) is 5.69 Å². The number of halogens is 2. The summed E-state index contributed by atoms with van der Waals surface area (Å²) in [5, 5.41) is 0. The maximum absolute atomic E-state index is 10.8. The van der Waals surface area contributed by atoms with Gasteiger partial charge in [0.25, 0.3) is 0 Å². The highest BCUT2D eigenvalue weighted by Crippen LogP contribution is 2.08. The molecule has 0 bridgehead atoms. The molecule has 0 atom stereocenters. The van der Waals surface area contributed by atoms with Crippen LogP contribution in [0.3, 0.4) is 0 Å². The van der Waals surface area contributed by atoms with Crippen molar-refractivity contribution in [3.05, 3.63) is 27.7 Å². The van der Waals surface area contributed by atoms with Crippen LogP contribution in [0.1, 0.15) is 11.3 Å². The third kappa shape index (κ3) is 2.75. The molecule has 1 aromatic rings. The van der Waals surface area contributed by atoms with Crippen LogP contribution >= 0.6 is 24.8 Å². The number of nitrogens with two attached hydrogens (primary N) is 1. The summed E-state index contributed by atoms with van der Waals surface area (Å²) in [6.07, 6.45) is 0. The van der Waals surface area contributed by atoms with Gasteiger partial charge < -0.3 is 10.7 Å². The van der Waals surface area contributed by atoms with Gasteiger partial charge in [-0.25, -0.2) is 0 Å². The predicted octanol–water partition coefficient (Wildman–Crippen LogP) is 1.42. The topological polar surface area (TPSA) is 58.9 Å². The Hall–Kier alpha value is -0.670. The number of aromatic amines is 1. The van der Waals surface area contributed by atoms with Crippen molar-refractivity contribution in [1.29, 1.82) is 0 Å². The number of hydrogen-bond donors (Lipinski definition) is 2. The first-order valence-electron chi connectivity index (χ1n) is 3.07. The molecule has 0 aliphatic heterocycles. The number of rotatable bonds is 0. The highest BCUT2D eigenvalue weighted by Gasteiger charge is 1.97. The zero-order chi connectivity index (χ0) is 7.72. The molecule has 0 aliphatic rings. The maximum atomic E-state index is 10.8. The second-order valence-corrected chi connectivity index (χ2v) is 2.36. The van der Waals surface area contributed by atoms with E-state index in [2.05, 4.69) is 4.98 Å². The van der Waals surface area contributed by atoms with Crippen molar-refractivity contribution in [2.24, 2.45) is 0 Å². The highest BCUT2D eigenvalue weighted by atomic mass is 35.5. The first kappa shape index (κ1) is 13.9. The van der Waals surface area contributed by atoms with Crippen molar-refractivity contribution in [2.75, 3.05) is 5.73 Å². The molecule has 3 N–H and O–H groups in total. The fourth-order valence-corrected chi connectivity index (χ4v) is 0.858. The van der Waals surface area contributed by atoms with Crippen LogP contribution in [0.4, 0.5) is 5.69 Å². The molecule has 0 radical (unpaired) electrons. The average molecular weight is 211 g/mol. The highest BCUT2D eigenvalue weighted by molar-refractivity contribution is 5.85. The summed E-state index contributed by atoms with van der Waals surface area (Å²) >= 11 is 0. The minimum absolute atomic E-state index is 0. The SMILES string of the molecule is Cc1cc(=O)[nH]c(C)c1N.Cl.Cl. The predicted molar refractivity (Wildman–Crippen MR) is 55.4 cm³/mol. The number of pyridine rings is 1. The van der Waals surface area contributed by atoms with Crippen LogP contribution in [0, 0.1) is 13.8 Å². The Morgan fingerprint density at radius 3 is 2.25 bits per heavy atom. The number of hydrogen-bond acceptors (Lipinski definition) is 2. The molecule has 0 aromatic carbocycles. The molecule has 3 nitrogen and oxygen atoms in total. The molecular formula is C7H12Cl2N2O. The number of aryl methyl sites for hydroxylation is 2. The summed E-state index contributed by atoms with van der Waals surface area (Å²) in [5.74, 6) is 0. The number of H-pyrrole nitrogens is 1. The van der Waals surface area contributed by atoms with E-state index in [9.17, 15) is 4.79 Å². The summed E-state index contributed by atoms with van der Waals surface area (Å²) in [5.41, 5.74) is 7.73. The lowest BCUT2D eigenvalue weighted by molar-refractivity contribution is 1.13. The standard InChI is InChI=1S/C7H10N2O.2ClH/c1-4-3-6(10)9-5(2)7(4)8;;/h3H,8H2,1-2H3,(H,9,10);2*1H. The first-order valence-corrected chi connectivity index (χ1v) is 3.07. The summed E-state index contributed by atoms with van der Waals surface area (Å²) < 4.78 is 0. The normalized spacial score (nSPS) is 8.17. The fraction of sp³-hybridized carbons (Fsp3) is 0.286. The lowest BCUT2D eigenvalue weighted by Gasteiger charge is -2.00. The van der Waals surface area contributed by atoms with Gasteiger partial charge in [0.2, 0.25) is 5.56 Å². The van der Waals surface area contributed by atoms with E-state index in [1.54, 1.807) is 6.92 Å². The van der Waals surface area contributed by atoms with E-state index in [1.165, 1.54) is 6.07 Å². The zero-order valence-electron chi connectivity index (χ0n) is 6.88. The van der Waals surface area contributed by atoms with E-state index in [1.807, 2.05) is 6.92 Å². The molecule has 0 saturated carbocycles. The van der Waals surface area contributed by atoms with E-state index in [-0.39, 0.29) is 30.4 Å². The van der Waals surface area contributed by atoms with Crippen LogP contribution in [-0.2, 0) is 0 Å². The van der Waals surface area contributed by atoms with Gasteiger partial charge >= 0.3 is 0 Å². The van der Waals surface area contributed by atoms with Crippen molar-refractivity contribution < 1.29 is 0 Å². The van der Waals surface area contributed by atoms with Gasteiger partial charge in [0.15, 0.2) is 0 Å². The van der Waals surface area contributed by atoms with Gasteiger partial charge in [-0.2, -0.15) is 0 Å². The molecule has 70 valence electrons. The van der Waals surface area contributed by atoms with Gasteiger partial charge in [0.1, 0.15) is 0 Å². The molecule has 1 heterocycles. The molecule has 1 aromatic heterocycles. The third-order valence-corrected chi connectivity index (χ3v) is 1.49. The van der Waals surface area contributed by atoms with Crippen LogP contribution in [-0.4, -0.2) is 4.98 Å². The molecular weight excluding hydrogens is 199 g/mol. The van der Waals surface area contributed by atoms with Crippen LogP contribution in [0.2, 0.25) is 0 Å². The monoisotopic (exact) mass is 210 g/mol. The Bertz CT molecular complexity index is 283. The fourth-order valence-electron chi connectivity index (χ4n) is 0.858. The summed E-state index contributed by atoms with van der Waals surface area (Å²) in [4.78, 5) is 13.4. The van der Waals surface area contributed by atoms with Gasteiger partial charge in [-0.15, -0.1) is 24.8 Å². The number of aromatic nitrogens is 1. The Kier molecular flexibility index (Phi) is 5.86. The van der Waals surface area contributed by atoms with E-state index in [0.717, 1.165) is 11.3 Å². The van der Waals surface area contributed by atoms with Crippen molar-refractivity contribution in [1.82, 2.24) is 4.98 Å². The Labute approximate surface area is 83.2 Å². The molecule has 5 heteroatoms. The van der Waals surface area contributed by atoms with Crippen LogP contribution < -0.4 is 11.3 Å². The maximum Gasteiger partial charge on any atom is 0.248 e. The molecule has 0 spiro atoms. The van der Waals surface area contributed by atoms with E-state index >= 15 is 0 Å². The molecule has 1 rings (SSSR count). The number of nitrogen functional groups attached to an aromatic ring is 1. The minimum atomic E-state index is -0.0933. The molecule has 12 heavy (non-hydrogen) atoms. The van der Waals surface area contributed by atoms with Gasteiger partial charge in [0, 0.05) is 11.8 Å². The smallest absolute Gasteiger partial charge is 0.248 e. The number of anilines is 1. The van der Waals surface area contributed by atoms with Crippen molar-refractivity contribution in [3.8, 4) is 0 Å². The van der Waals surface area contributed by atoms with Gasteiger partial charge in [-0.1, -0.05) is 0 Å². The van der Waals surface area contributed by atoms with Gasteiger partial charge in [-0.05, 0) is 19.4 Å². The van der Waals surface area contributed by atoms with E-state index in [4.69, 9.17) is 5.73 Å². The third-order valence-electron chi connectivity index (χ3n) is 1.49. The number of nitrogens with one attached hydrogen (secondary N) is 1. The van der Waals surface area contributed by atoms with Crippen molar-refractivity contribution in [2.45, 2.75) is 13.8 Å². The Morgan fingerprint density at radius 1 is 1.33 bits per heavy atom. The molecule has 0 unspecified atom stereocenters. The van der Waals surface area contributed by atoms with Crippen molar-refractivity contribution in [3.63, 3.8) is 0 Å². The Balaban J connectivity index is 0. The molecule has 0 aliphatic carbocycles. The summed E-state index contributed by atoms with van der Waals surface area (Å²) in [6, 6.07) is 1.49. The molecule has 0 fully saturated rings. The molecule has 0 amide bonds. The second-order valence-electron chi connectivity index (χ2n) is 2.36. The minimum Gasteiger partial charge on any atom is -0.397 e. The van der Waals surface area contributed by atoms with E-state index in [0.29, 0.717) is 5.69 Å². The zero-order valence-corrected chi connectivity index (χ0v) is 8.51. The van der Waals surface area contributed by atoms with Crippen LogP contribution in [0.5, 0.6) is 0 Å².